The Morgan fingerprint density at radius 3 is 2.59 bits per heavy atom. The average Bonchev–Trinajstić information content (AvgIpc) is 3.31. The van der Waals surface area contributed by atoms with Crippen molar-refractivity contribution in [1.29, 1.82) is 0 Å². The van der Waals surface area contributed by atoms with E-state index in [-0.39, 0.29) is 5.56 Å². The van der Waals surface area contributed by atoms with Crippen molar-refractivity contribution in [3.8, 4) is 11.1 Å². The van der Waals surface area contributed by atoms with Crippen molar-refractivity contribution in [2.24, 2.45) is 0 Å². The van der Waals surface area contributed by atoms with Crippen LogP contribution in [0.1, 0.15) is 29.9 Å². The summed E-state index contributed by atoms with van der Waals surface area (Å²) in [6.45, 7) is 0. The molecule has 1 fully saturated rings. The van der Waals surface area contributed by atoms with Crippen molar-refractivity contribution in [2.75, 3.05) is 11.0 Å². The molecule has 0 atom stereocenters. The zero-order valence-electron chi connectivity index (χ0n) is 11.9. The van der Waals surface area contributed by atoms with Crippen LogP contribution in [-0.2, 0) is 6.18 Å². The molecule has 3 rings (SSSR count). The number of alkyl halides is 3. The molecule has 1 aromatic carbocycles. The highest BCUT2D eigenvalue weighted by atomic mass is 32.2. The molecule has 1 aliphatic carbocycles. The van der Waals surface area contributed by atoms with Gasteiger partial charge >= 0.3 is 6.18 Å². The van der Waals surface area contributed by atoms with Gasteiger partial charge in [-0.3, -0.25) is 4.98 Å². The molecule has 2 nitrogen and oxygen atoms in total. The number of hydrogen-bond donors (Lipinski definition) is 1. The van der Waals surface area contributed by atoms with E-state index in [1.54, 1.807) is 24.7 Å². The number of hydrogen-bond acceptors (Lipinski definition) is 3. The van der Waals surface area contributed by atoms with Crippen molar-refractivity contribution in [2.45, 2.75) is 24.9 Å². The molecule has 0 spiro atoms. The fourth-order valence-corrected chi connectivity index (χ4v) is 2.94. The van der Waals surface area contributed by atoms with Gasteiger partial charge in [-0.1, -0.05) is 18.0 Å². The van der Waals surface area contributed by atoms with Gasteiger partial charge in [0.2, 0.25) is 0 Å². The number of rotatable bonds is 4. The van der Waals surface area contributed by atoms with Gasteiger partial charge in [0.05, 0.1) is 5.56 Å². The van der Waals surface area contributed by atoms with E-state index in [1.807, 2.05) is 6.07 Å². The fourth-order valence-electron chi connectivity index (χ4n) is 2.58. The van der Waals surface area contributed by atoms with Crippen molar-refractivity contribution in [3.05, 3.63) is 47.8 Å². The van der Waals surface area contributed by atoms with Crippen LogP contribution in [0.15, 0.2) is 36.7 Å². The van der Waals surface area contributed by atoms with Gasteiger partial charge in [-0.2, -0.15) is 13.2 Å². The third-order valence-electron chi connectivity index (χ3n) is 3.71. The van der Waals surface area contributed by atoms with E-state index < -0.39 is 11.7 Å². The topological polar surface area (TPSA) is 24.9 Å². The summed E-state index contributed by atoms with van der Waals surface area (Å²) in [6, 6.07) is 6.20. The normalized spacial score (nSPS) is 14.9. The maximum atomic E-state index is 13.4. The average molecular weight is 324 g/mol. The lowest BCUT2D eigenvalue weighted by Crippen LogP contribution is -2.08. The molecule has 0 saturated heterocycles. The van der Waals surface area contributed by atoms with Crippen LogP contribution in [0.4, 0.5) is 18.9 Å². The van der Waals surface area contributed by atoms with Crippen molar-refractivity contribution >= 4 is 17.6 Å². The number of pyridine rings is 1. The molecule has 0 bridgehead atoms. The molecule has 0 aliphatic heterocycles. The summed E-state index contributed by atoms with van der Waals surface area (Å²) >= 11 is 1.26. The van der Waals surface area contributed by atoms with Gasteiger partial charge in [0.15, 0.2) is 0 Å². The lowest BCUT2D eigenvalue weighted by molar-refractivity contribution is -0.137. The van der Waals surface area contributed by atoms with Crippen molar-refractivity contribution in [3.63, 3.8) is 0 Å². The maximum Gasteiger partial charge on any atom is 0.417 e. The summed E-state index contributed by atoms with van der Waals surface area (Å²) in [5.41, 5.74) is 1.58. The Kier molecular flexibility index (Phi) is 4.04. The Hall–Kier alpha value is -1.69. The largest absolute Gasteiger partial charge is 0.417 e. The molecule has 116 valence electrons. The number of nitrogens with one attached hydrogen (secondary N) is 1. The Balaban J connectivity index is 2.14. The van der Waals surface area contributed by atoms with Crippen LogP contribution in [0.2, 0.25) is 0 Å². The summed E-state index contributed by atoms with van der Waals surface area (Å²) in [5.74, 6) is 0.364. The summed E-state index contributed by atoms with van der Waals surface area (Å²) < 4.78 is 43.2. The zero-order valence-corrected chi connectivity index (χ0v) is 12.8. The van der Waals surface area contributed by atoms with E-state index in [2.05, 4.69) is 9.71 Å². The zero-order chi connectivity index (χ0) is 15.7. The SMILES string of the molecule is CSNc1ccc(-c2cnccc2C2CC2)c(C(F)(F)F)c1. The number of benzene rings is 1. The van der Waals surface area contributed by atoms with Gasteiger partial charge in [0.25, 0.3) is 0 Å². The van der Waals surface area contributed by atoms with Crippen molar-refractivity contribution in [1.82, 2.24) is 4.98 Å². The number of aromatic nitrogens is 1. The first-order chi connectivity index (χ1) is 10.5. The predicted octanol–water partition coefficient (Wildman–Crippen LogP) is 5.33. The molecule has 1 aliphatic rings. The Morgan fingerprint density at radius 2 is 1.95 bits per heavy atom. The first kappa shape index (κ1) is 15.2. The summed E-state index contributed by atoms with van der Waals surface area (Å²) in [4.78, 5) is 4.03. The smallest absolute Gasteiger partial charge is 0.330 e. The molecule has 1 saturated carbocycles. The van der Waals surface area contributed by atoms with Crippen LogP contribution in [0.25, 0.3) is 11.1 Å². The molecule has 1 aromatic heterocycles. The number of halogens is 3. The molecule has 0 radical (unpaired) electrons. The first-order valence-corrected chi connectivity index (χ1v) is 8.17. The maximum absolute atomic E-state index is 13.4. The molecular formula is C16H15F3N2S. The standard InChI is InChI=1S/C16H15F3N2S/c1-22-21-11-4-5-13(15(8-11)16(17,18)19)14-9-20-7-6-12(14)10-2-3-10/h4-10,21H,2-3H2,1H3. The van der Waals surface area contributed by atoms with Gasteiger partial charge in [0.1, 0.15) is 0 Å². The first-order valence-electron chi connectivity index (χ1n) is 6.95. The van der Waals surface area contributed by atoms with Crippen LogP contribution < -0.4 is 4.72 Å². The van der Waals surface area contributed by atoms with E-state index >= 15 is 0 Å². The number of nitrogens with zero attached hydrogens (tertiary/aromatic N) is 1. The molecular weight excluding hydrogens is 309 g/mol. The predicted molar refractivity (Wildman–Crippen MR) is 83.8 cm³/mol. The van der Waals surface area contributed by atoms with E-state index in [9.17, 15) is 13.2 Å². The minimum absolute atomic E-state index is 0.203. The molecule has 0 unspecified atom stereocenters. The second-order valence-corrected chi connectivity index (χ2v) is 5.91. The van der Waals surface area contributed by atoms with Gasteiger partial charge in [-0.15, -0.1) is 0 Å². The molecule has 1 N–H and O–H groups in total. The summed E-state index contributed by atoms with van der Waals surface area (Å²) in [6.07, 6.45) is 2.62. The number of anilines is 1. The second kappa shape index (κ2) is 5.83. The quantitative estimate of drug-likeness (QED) is 0.769. The second-order valence-electron chi connectivity index (χ2n) is 5.30. The van der Waals surface area contributed by atoms with Gasteiger partial charge in [0, 0.05) is 29.9 Å². The Labute approximate surface area is 131 Å². The van der Waals surface area contributed by atoms with Crippen LogP contribution in [-0.4, -0.2) is 11.2 Å². The van der Waals surface area contributed by atoms with Gasteiger partial charge in [-0.05, 0) is 48.1 Å². The van der Waals surface area contributed by atoms with E-state index in [0.29, 0.717) is 17.2 Å². The van der Waals surface area contributed by atoms with E-state index in [0.717, 1.165) is 24.5 Å². The third-order valence-corrected chi connectivity index (χ3v) is 4.15. The van der Waals surface area contributed by atoms with Crippen LogP contribution >= 0.6 is 11.9 Å². The van der Waals surface area contributed by atoms with E-state index in [1.165, 1.54) is 18.0 Å². The molecule has 22 heavy (non-hydrogen) atoms. The lowest BCUT2D eigenvalue weighted by atomic mass is 9.94. The third kappa shape index (κ3) is 3.06. The molecule has 6 heteroatoms. The van der Waals surface area contributed by atoms with Gasteiger partial charge in [-0.25, -0.2) is 0 Å². The molecule has 1 heterocycles. The van der Waals surface area contributed by atoms with Crippen LogP contribution in [0.3, 0.4) is 0 Å². The highest BCUT2D eigenvalue weighted by molar-refractivity contribution is 7.99. The lowest BCUT2D eigenvalue weighted by Gasteiger charge is -2.17. The Morgan fingerprint density at radius 1 is 1.18 bits per heavy atom. The fraction of sp³-hybridized carbons (Fsp3) is 0.312. The molecule has 0 amide bonds. The summed E-state index contributed by atoms with van der Waals surface area (Å²) in [5, 5.41) is 0. The van der Waals surface area contributed by atoms with Crippen molar-refractivity contribution < 1.29 is 13.2 Å². The van der Waals surface area contributed by atoms with Crippen LogP contribution in [0, 0.1) is 0 Å². The monoisotopic (exact) mass is 324 g/mol. The highest BCUT2D eigenvalue weighted by Crippen LogP contribution is 2.46. The molecule has 2 aromatic rings. The Bertz CT molecular complexity index is 681. The van der Waals surface area contributed by atoms with Crippen LogP contribution in [0.5, 0.6) is 0 Å². The highest BCUT2D eigenvalue weighted by Gasteiger charge is 2.35. The minimum Gasteiger partial charge on any atom is -0.330 e. The minimum atomic E-state index is -4.40. The van der Waals surface area contributed by atoms with E-state index in [4.69, 9.17) is 0 Å². The summed E-state index contributed by atoms with van der Waals surface area (Å²) in [7, 11) is 0. The van der Waals surface area contributed by atoms with Gasteiger partial charge < -0.3 is 4.72 Å².